The Labute approximate surface area is 125 Å². The molecule has 1 atom stereocenters. The van der Waals surface area contributed by atoms with Crippen molar-refractivity contribution < 1.29 is 9.47 Å². The molecule has 2 aromatic carbocycles. The topological polar surface area (TPSA) is 18.5 Å². The second-order valence-corrected chi connectivity index (χ2v) is 5.75. The van der Waals surface area contributed by atoms with Gasteiger partial charge < -0.3 is 9.47 Å². The van der Waals surface area contributed by atoms with E-state index in [0.717, 1.165) is 10.2 Å². The summed E-state index contributed by atoms with van der Waals surface area (Å²) in [5.41, 5.74) is 1.20. The molecule has 1 unspecified atom stereocenters. The van der Waals surface area contributed by atoms with Crippen LogP contribution in [0.25, 0.3) is 0 Å². The normalized spacial score (nSPS) is 16.8. The minimum atomic E-state index is 0.256. The lowest BCUT2D eigenvalue weighted by molar-refractivity contribution is 0.248. The van der Waals surface area contributed by atoms with Crippen molar-refractivity contribution in [2.24, 2.45) is 0 Å². The van der Waals surface area contributed by atoms with E-state index < -0.39 is 0 Å². The molecule has 0 radical (unpaired) electrons. The molecule has 0 spiro atoms. The molecule has 1 heterocycles. The summed E-state index contributed by atoms with van der Waals surface area (Å²) < 4.78 is 12.4. The average Bonchev–Trinajstić information content (AvgIpc) is 2.83. The number of halogens is 2. The molecular formula is C15H12BrClO2. The van der Waals surface area contributed by atoms with Gasteiger partial charge in [0.1, 0.15) is 11.5 Å². The largest absolute Gasteiger partial charge is 0.493 e. The summed E-state index contributed by atoms with van der Waals surface area (Å²) in [6.07, 6.45) is 0. The number of rotatable bonds is 3. The molecule has 3 rings (SSSR count). The zero-order valence-corrected chi connectivity index (χ0v) is 12.4. The highest BCUT2D eigenvalue weighted by Gasteiger charge is 2.24. The first kappa shape index (κ1) is 12.8. The van der Waals surface area contributed by atoms with Gasteiger partial charge in [-0.3, -0.25) is 0 Å². The van der Waals surface area contributed by atoms with Crippen molar-refractivity contribution in [2.75, 3.05) is 13.2 Å². The lowest BCUT2D eigenvalue weighted by Gasteiger charge is -2.12. The summed E-state index contributed by atoms with van der Waals surface area (Å²) in [7, 11) is 0. The highest BCUT2D eigenvalue weighted by molar-refractivity contribution is 9.10. The minimum Gasteiger partial charge on any atom is -0.493 e. The van der Waals surface area contributed by atoms with Crippen LogP contribution in [0.3, 0.4) is 0 Å². The molecule has 0 N–H and O–H groups in total. The summed E-state index contributed by atoms with van der Waals surface area (Å²) in [4.78, 5) is 0. The predicted octanol–water partition coefficient (Wildman–Crippen LogP) is 4.66. The van der Waals surface area contributed by atoms with Crippen molar-refractivity contribution >= 4 is 27.5 Å². The van der Waals surface area contributed by atoms with Crippen LogP contribution in [-0.4, -0.2) is 13.2 Å². The fourth-order valence-electron chi connectivity index (χ4n) is 2.15. The van der Waals surface area contributed by atoms with Crippen molar-refractivity contribution in [3.05, 3.63) is 57.5 Å². The smallest absolute Gasteiger partial charge is 0.139 e. The lowest BCUT2D eigenvalue weighted by Crippen LogP contribution is -2.11. The maximum Gasteiger partial charge on any atom is 0.139 e. The monoisotopic (exact) mass is 338 g/mol. The van der Waals surface area contributed by atoms with E-state index in [1.54, 1.807) is 0 Å². The van der Waals surface area contributed by atoms with Crippen molar-refractivity contribution in [1.29, 1.82) is 0 Å². The molecule has 2 aromatic rings. The molecule has 19 heavy (non-hydrogen) atoms. The summed E-state index contributed by atoms with van der Waals surface area (Å²) >= 11 is 9.52. The number of para-hydroxylation sites is 1. The number of hydrogen-bond donors (Lipinski definition) is 0. The first-order chi connectivity index (χ1) is 9.24. The van der Waals surface area contributed by atoms with Crippen LogP contribution in [0.5, 0.6) is 11.5 Å². The van der Waals surface area contributed by atoms with Gasteiger partial charge in [-0.15, -0.1) is 0 Å². The molecule has 0 saturated heterocycles. The van der Waals surface area contributed by atoms with Gasteiger partial charge in [-0.2, -0.15) is 0 Å². The van der Waals surface area contributed by atoms with Crippen LogP contribution in [0.4, 0.5) is 0 Å². The van der Waals surface area contributed by atoms with Crippen molar-refractivity contribution in [1.82, 2.24) is 0 Å². The molecule has 0 bridgehead atoms. The summed E-state index contributed by atoms with van der Waals surface area (Å²) in [5.74, 6) is 1.91. The van der Waals surface area contributed by atoms with Crippen LogP contribution < -0.4 is 9.47 Å². The predicted molar refractivity (Wildman–Crippen MR) is 79.3 cm³/mol. The molecule has 1 aliphatic rings. The summed E-state index contributed by atoms with van der Waals surface area (Å²) in [6, 6.07) is 13.7. The first-order valence-corrected chi connectivity index (χ1v) is 7.21. The van der Waals surface area contributed by atoms with Crippen LogP contribution in [0.2, 0.25) is 5.02 Å². The molecule has 1 aliphatic heterocycles. The molecule has 0 aliphatic carbocycles. The zero-order valence-electron chi connectivity index (χ0n) is 10.1. The Bertz CT molecular complexity index is 600. The fraction of sp³-hybridized carbons (Fsp3) is 0.200. The Hall–Kier alpha value is -1.19. The van der Waals surface area contributed by atoms with Crippen molar-refractivity contribution in [3.8, 4) is 11.5 Å². The molecule has 0 aromatic heterocycles. The fourth-order valence-corrected chi connectivity index (χ4v) is 2.66. The van der Waals surface area contributed by atoms with E-state index in [0.29, 0.717) is 24.0 Å². The first-order valence-electron chi connectivity index (χ1n) is 6.03. The van der Waals surface area contributed by atoms with Gasteiger partial charge in [0.05, 0.1) is 24.2 Å². The van der Waals surface area contributed by atoms with Crippen LogP contribution >= 0.6 is 27.5 Å². The van der Waals surface area contributed by atoms with Gasteiger partial charge in [0.25, 0.3) is 0 Å². The zero-order chi connectivity index (χ0) is 13.2. The standard InChI is InChI=1S/C15H12BrClO2/c16-11-5-6-13(17)15(7-11)19-9-10-8-18-14-4-2-1-3-12(10)14/h1-7,10H,8-9H2. The summed E-state index contributed by atoms with van der Waals surface area (Å²) in [6.45, 7) is 1.22. The van der Waals surface area contributed by atoms with E-state index in [4.69, 9.17) is 21.1 Å². The average molecular weight is 340 g/mol. The molecule has 98 valence electrons. The van der Waals surface area contributed by atoms with Crippen LogP contribution in [-0.2, 0) is 0 Å². The molecule has 4 heteroatoms. The SMILES string of the molecule is Clc1ccc(Br)cc1OCC1COc2ccccc21. The van der Waals surface area contributed by atoms with Gasteiger partial charge in [-0.05, 0) is 24.3 Å². The molecule has 2 nitrogen and oxygen atoms in total. The third-order valence-electron chi connectivity index (χ3n) is 3.13. The molecule has 0 amide bonds. The van der Waals surface area contributed by atoms with E-state index in [1.165, 1.54) is 5.56 Å². The van der Waals surface area contributed by atoms with Gasteiger partial charge in [0.15, 0.2) is 0 Å². The van der Waals surface area contributed by atoms with Crippen LogP contribution in [0, 0.1) is 0 Å². The number of hydrogen-bond acceptors (Lipinski definition) is 2. The Morgan fingerprint density at radius 3 is 3.00 bits per heavy atom. The quantitative estimate of drug-likeness (QED) is 0.810. The van der Waals surface area contributed by atoms with E-state index >= 15 is 0 Å². The highest BCUT2D eigenvalue weighted by atomic mass is 79.9. The van der Waals surface area contributed by atoms with E-state index in [9.17, 15) is 0 Å². The second-order valence-electron chi connectivity index (χ2n) is 4.43. The van der Waals surface area contributed by atoms with E-state index in [-0.39, 0.29) is 5.92 Å². The Morgan fingerprint density at radius 1 is 1.26 bits per heavy atom. The van der Waals surface area contributed by atoms with Gasteiger partial charge in [0.2, 0.25) is 0 Å². The van der Waals surface area contributed by atoms with E-state index in [1.807, 2.05) is 36.4 Å². The Morgan fingerprint density at radius 2 is 2.11 bits per heavy atom. The number of benzene rings is 2. The van der Waals surface area contributed by atoms with Crippen molar-refractivity contribution in [2.45, 2.75) is 5.92 Å². The maximum absolute atomic E-state index is 6.10. The molecular weight excluding hydrogens is 328 g/mol. The minimum absolute atomic E-state index is 0.256. The number of ether oxygens (including phenoxy) is 2. The van der Waals surface area contributed by atoms with Crippen LogP contribution in [0.15, 0.2) is 46.9 Å². The third kappa shape index (κ3) is 2.72. The van der Waals surface area contributed by atoms with Gasteiger partial charge in [-0.25, -0.2) is 0 Å². The lowest BCUT2D eigenvalue weighted by atomic mass is 10.0. The third-order valence-corrected chi connectivity index (χ3v) is 3.94. The molecule has 0 fully saturated rings. The maximum atomic E-state index is 6.10. The van der Waals surface area contributed by atoms with Gasteiger partial charge in [0, 0.05) is 10.0 Å². The summed E-state index contributed by atoms with van der Waals surface area (Å²) in [5, 5.41) is 0.621. The second kappa shape index (κ2) is 5.43. The van der Waals surface area contributed by atoms with Gasteiger partial charge >= 0.3 is 0 Å². The van der Waals surface area contributed by atoms with Gasteiger partial charge in [-0.1, -0.05) is 45.7 Å². The van der Waals surface area contributed by atoms with Crippen molar-refractivity contribution in [3.63, 3.8) is 0 Å². The molecule has 0 saturated carbocycles. The Kier molecular flexibility index (Phi) is 3.67. The highest BCUT2D eigenvalue weighted by Crippen LogP contribution is 2.35. The Balaban J connectivity index is 1.72. The van der Waals surface area contributed by atoms with E-state index in [2.05, 4.69) is 22.0 Å². The van der Waals surface area contributed by atoms with Crippen LogP contribution in [0.1, 0.15) is 11.5 Å². The number of fused-ring (bicyclic) bond motifs is 1.